The van der Waals surface area contributed by atoms with Crippen LogP contribution in [-0.4, -0.2) is 37.2 Å². The molecule has 0 aromatic heterocycles. The fourth-order valence-electron chi connectivity index (χ4n) is 7.21. The maximum Gasteiger partial charge on any atom is 0.310 e. The van der Waals surface area contributed by atoms with Crippen molar-refractivity contribution in [1.82, 2.24) is 0 Å². The summed E-state index contributed by atoms with van der Waals surface area (Å²) in [5.74, 6) is -1.11. The molecule has 6 nitrogen and oxygen atoms in total. The van der Waals surface area contributed by atoms with Crippen molar-refractivity contribution in [2.45, 2.75) is 226 Å². The van der Waals surface area contributed by atoms with E-state index in [4.69, 9.17) is 14.2 Å². The first-order chi connectivity index (χ1) is 36.5. The average molecular weight is 1020 g/mol. The first-order valence-electron chi connectivity index (χ1n) is 29.1. The summed E-state index contributed by atoms with van der Waals surface area (Å²) in [5.41, 5.74) is 0. The molecule has 0 N–H and O–H groups in total. The summed E-state index contributed by atoms with van der Waals surface area (Å²) in [5, 5.41) is 0. The second kappa shape index (κ2) is 60.3. The second-order valence-electron chi connectivity index (χ2n) is 18.5. The Morgan fingerprint density at radius 2 is 0.568 bits per heavy atom. The van der Waals surface area contributed by atoms with Gasteiger partial charge in [-0.15, -0.1) is 0 Å². The van der Waals surface area contributed by atoms with Crippen molar-refractivity contribution in [2.24, 2.45) is 0 Å². The van der Waals surface area contributed by atoms with Crippen molar-refractivity contribution in [3.05, 3.63) is 170 Å². The minimum Gasteiger partial charge on any atom is -0.462 e. The third-order valence-electron chi connectivity index (χ3n) is 11.5. The lowest BCUT2D eigenvalue weighted by Crippen LogP contribution is -2.30. The van der Waals surface area contributed by atoms with Gasteiger partial charge in [0.05, 0.1) is 6.42 Å². The van der Waals surface area contributed by atoms with Crippen molar-refractivity contribution in [3.8, 4) is 0 Å². The standard InChI is InChI=1S/C68H104O6/c1-4-7-10-13-16-19-22-24-26-27-28-29-30-31-32-33-34-35-36-37-38-39-40-41-43-44-46-49-52-55-58-61-67(70)73-64-65(63-72-66(69)60-57-54-51-48-21-18-15-12-9-6-3)74-68(71)62-59-56-53-50-47-45-42-25-23-20-17-14-11-8-5-2/h7-8,10-11,16-17,19-20,24-26,28-29,31-32,34-35,37-38,40-42,44,46-47,50,56,59,65H,4-6,9,12-15,18,21-23,27,30,33,36,39,43,45,48-49,51-55,57-58,60-64H2,1-3H3/b10-7-,11-8-,19-16-,20-17-,26-24-,29-28-,32-31-,35-34-,38-37-,41-40-,42-25-,46-44-,50-47-,59-56-. The molecule has 412 valence electrons. The fraction of sp³-hybridized carbons (Fsp3) is 0.544. The molecule has 0 aromatic rings. The van der Waals surface area contributed by atoms with E-state index in [9.17, 15) is 14.4 Å². The Kier molecular flexibility index (Phi) is 56.1. The minimum atomic E-state index is -0.852. The second-order valence-corrected chi connectivity index (χ2v) is 18.5. The van der Waals surface area contributed by atoms with Gasteiger partial charge in [0.2, 0.25) is 0 Å². The summed E-state index contributed by atoms with van der Waals surface area (Å²) in [4.78, 5) is 38.0. The lowest BCUT2D eigenvalue weighted by Gasteiger charge is -2.18. The van der Waals surface area contributed by atoms with Gasteiger partial charge < -0.3 is 14.2 Å². The molecule has 1 unspecified atom stereocenters. The van der Waals surface area contributed by atoms with Crippen LogP contribution >= 0.6 is 0 Å². The molecule has 0 radical (unpaired) electrons. The lowest BCUT2D eigenvalue weighted by molar-refractivity contribution is -0.166. The van der Waals surface area contributed by atoms with Crippen LogP contribution < -0.4 is 0 Å². The van der Waals surface area contributed by atoms with E-state index in [0.717, 1.165) is 128 Å². The van der Waals surface area contributed by atoms with Crippen LogP contribution in [0.3, 0.4) is 0 Å². The summed E-state index contributed by atoms with van der Waals surface area (Å²) in [6.45, 7) is 6.26. The quantitative estimate of drug-likeness (QED) is 0.0261. The highest BCUT2D eigenvalue weighted by Gasteiger charge is 2.19. The largest absolute Gasteiger partial charge is 0.462 e. The summed E-state index contributed by atoms with van der Waals surface area (Å²) in [6.07, 6.45) is 89.5. The molecule has 0 aliphatic carbocycles. The molecule has 0 aromatic carbocycles. The third kappa shape index (κ3) is 57.7. The van der Waals surface area contributed by atoms with Crippen LogP contribution in [0.15, 0.2) is 170 Å². The normalized spacial score (nSPS) is 13.4. The molecule has 0 fully saturated rings. The lowest BCUT2D eigenvalue weighted by atomic mass is 10.1. The van der Waals surface area contributed by atoms with E-state index < -0.39 is 12.1 Å². The molecule has 0 bridgehead atoms. The number of rotatable bonds is 50. The van der Waals surface area contributed by atoms with Gasteiger partial charge in [-0.25, -0.2) is 0 Å². The van der Waals surface area contributed by atoms with Gasteiger partial charge in [0.1, 0.15) is 13.2 Å². The van der Waals surface area contributed by atoms with Gasteiger partial charge in [-0.3, -0.25) is 14.4 Å². The summed E-state index contributed by atoms with van der Waals surface area (Å²) >= 11 is 0. The van der Waals surface area contributed by atoms with E-state index >= 15 is 0 Å². The Morgan fingerprint density at radius 3 is 0.892 bits per heavy atom. The number of carbonyl (C=O) groups is 3. The van der Waals surface area contributed by atoms with Crippen molar-refractivity contribution >= 4 is 17.9 Å². The molecule has 0 amide bonds. The molecular weight excluding hydrogens is 913 g/mol. The summed E-state index contributed by atoms with van der Waals surface area (Å²) < 4.78 is 16.7. The van der Waals surface area contributed by atoms with E-state index in [1.165, 1.54) is 44.9 Å². The number of carbonyl (C=O) groups excluding carboxylic acids is 3. The van der Waals surface area contributed by atoms with Crippen molar-refractivity contribution in [3.63, 3.8) is 0 Å². The Labute approximate surface area is 453 Å². The van der Waals surface area contributed by atoms with Gasteiger partial charge in [-0.1, -0.05) is 255 Å². The first-order valence-corrected chi connectivity index (χ1v) is 29.1. The zero-order valence-electron chi connectivity index (χ0n) is 47.0. The van der Waals surface area contributed by atoms with Gasteiger partial charge in [-0.05, 0) is 116 Å². The molecule has 0 heterocycles. The van der Waals surface area contributed by atoms with E-state index in [-0.39, 0.29) is 31.6 Å². The van der Waals surface area contributed by atoms with Crippen LogP contribution in [0.2, 0.25) is 0 Å². The van der Waals surface area contributed by atoms with Crippen LogP contribution in [-0.2, 0) is 28.6 Å². The van der Waals surface area contributed by atoms with E-state index in [1.54, 1.807) is 6.08 Å². The van der Waals surface area contributed by atoms with Crippen LogP contribution in [0.5, 0.6) is 0 Å². The predicted octanol–water partition coefficient (Wildman–Crippen LogP) is 19.9. The minimum absolute atomic E-state index is 0.0823. The van der Waals surface area contributed by atoms with Crippen LogP contribution in [0, 0.1) is 0 Å². The Hall–Kier alpha value is -5.23. The van der Waals surface area contributed by atoms with Gasteiger partial charge in [0.15, 0.2) is 6.10 Å². The molecular formula is C68H104O6. The number of esters is 3. The zero-order chi connectivity index (χ0) is 53.6. The predicted molar refractivity (Wildman–Crippen MR) is 320 cm³/mol. The number of unbranched alkanes of at least 4 members (excludes halogenated alkanes) is 12. The highest BCUT2D eigenvalue weighted by molar-refractivity contribution is 5.72. The van der Waals surface area contributed by atoms with Crippen molar-refractivity contribution in [1.29, 1.82) is 0 Å². The van der Waals surface area contributed by atoms with Crippen LogP contribution in [0.1, 0.15) is 220 Å². The summed E-state index contributed by atoms with van der Waals surface area (Å²) in [6, 6.07) is 0. The number of hydrogen-bond acceptors (Lipinski definition) is 6. The highest BCUT2D eigenvalue weighted by Crippen LogP contribution is 2.13. The molecule has 0 saturated heterocycles. The first kappa shape index (κ1) is 68.8. The van der Waals surface area contributed by atoms with Gasteiger partial charge in [0, 0.05) is 12.8 Å². The maximum atomic E-state index is 12.8. The topological polar surface area (TPSA) is 78.9 Å². The van der Waals surface area contributed by atoms with Crippen LogP contribution in [0.25, 0.3) is 0 Å². The Morgan fingerprint density at radius 1 is 0.297 bits per heavy atom. The zero-order valence-corrected chi connectivity index (χ0v) is 47.0. The van der Waals surface area contributed by atoms with Gasteiger partial charge in [0.25, 0.3) is 0 Å². The maximum absolute atomic E-state index is 12.8. The van der Waals surface area contributed by atoms with Crippen LogP contribution in [0.4, 0.5) is 0 Å². The number of allylic oxidation sites excluding steroid dienone is 27. The third-order valence-corrected chi connectivity index (χ3v) is 11.5. The van der Waals surface area contributed by atoms with Crippen molar-refractivity contribution < 1.29 is 28.6 Å². The molecule has 0 spiro atoms. The number of hydrogen-bond donors (Lipinski definition) is 0. The molecule has 1 atom stereocenters. The SMILES string of the molecule is CC/C=C\C/C=C\C/C=C\C/C=C\C/C=C\C/C=C\C/C=C\C/C=C\C/C=C\CCCCCC(=O)OCC(COC(=O)CCCCCCCCCCCC)OC(=O)C/C=C\C/C=C\C/C=C\C/C=C\C/C=C\CC. The van der Waals surface area contributed by atoms with E-state index in [2.05, 4.69) is 179 Å². The highest BCUT2D eigenvalue weighted by atomic mass is 16.6. The fourth-order valence-corrected chi connectivity index (χ4v) is 7.21. The summed E-state index contributed by atoms with van der Waals surface area (Å²) in [7, 11) is 0. The molecule has 0 aliphatic heterocycles. The molecule has 0 rings (SSSR count). The molecule has 74 heavy (non-hydrogen) atoms. The Bertz CT molecular complexity index is 1740. The average Bonchev–Trinajstić information content (AvgIpc) is 3.40. The number of ether oxygens (including phenoxy) is 3. The van der Waals surface area contributed by atoms with E-state index in [0.29, 0.717) is 19.3 Å². The van der Waals surface area contributed by atoms with Crippen molar-refractivity contribution in [2.75, 3.05) is 13.2 Å². The molecule has 0 saturated carbocycles. The molecule has 0 aliphatic rings. The smallest absolute Gasteiger partial charge is 0.310 e. The Balaban J connectivity index is 4.42. The molecule has 6 heteroatoms. The van der Waals surface area contributed by atoms with Gasteiger partial charge >= 0.3 is 17.9 Å². The van der Waals surface area contributed by atoms with Gasteiger partial charge in [-0.2, -0.15) is 0 Å². The van der Waals surface area contributed by atoms with E-state index in [1.807, 2.05) is 6.08 Å². The monoisotopic (exact) mass is 1020 g/mol.